The second-order valence-corrected chi connectivity index (χ2v) is 7.20. The average Bonchev–Trinajstić information content (AvgIpc) is 2.63. The summed E-state index contributed by atoms with van der Waals surface area (Å²) < 4.78 is 0. The molecule has 2 aliphatic rings. The Kier molecular flexibility index (Phi) is 5.58. The maximum Gasteiger partial charge on any atom is 0.278 e. The highest BCUT2D eigenvalue weighted by molar-refractivity contribution is 5.87. The Bertz CT molecular complexity index is 626. The topological polar surface area (TPSA) is 71.1 Å². The Labute approximate surface area is 149 Å². The molecule has 2 fully saturated rings. The summed E-state index contributed by atoms with van der Waals surface area (Å²) in [6.45, 7) is 7.04. The largest absolute Gasteiger partial charge is 0.368 e. The van der Waals surface area contributed by atoms with Crippen molar-refractivity contribution in [3.05, 3.63) is 29.8 Å². The van der Waals surface area contributed by atoms with Gasteiger partial charge in [-0.15, -0.1) is 0 Å². The monoisotopic (exact) mass is 345 g/mol. The lowest BCUT2D eigenvalue weighted by molar-refractivity contribution is -0.892. The third-order valence-electron chi connectivity index (χ3n) is 5.48. The fourth-order valence-corrected chi connectivity index (χ4v) is 4.00. The molecule has 1 aromatic rings. The number of nitrogens with zero attached hydrogens (tertiary/aromatic N) is 2. The summed E-state index contributed by atoms with van der Waals surface area (Å²) in [4.78, 5) is 29.7. The van der Waals surface area contributed by atoms with Gasteiger partial charge in [0.25, 0.3) is 5.91 Å². The molecule has 2 saturated heterocycles. The summed E-state index contributed by atoms with van der Waals surface area (Å²) in [5.74, 6) is -0.296. The van der Waals surface area contributed by atoms with Crippen molar-refractivity contribution in [2.24, 2.45) is 5.73 Å². The number of piperazine rings is 1. The van der Waals surface area contributed by atoms with Crippen LogP contribution in [-0.2, 0) is 9.59 Å². The van der Waals surface area contributed by atoms with E-state index < -0.39 is 6.04 Å². The van der Waals surface area contributed by atoms with Crippen molar-refractivity contribution in [1.29, 1.82) is 0 Å². The molecule has 0 aromatic heterocycles. The number of nitrogens with one attached hydrogen (secondary N) is 1. The van der Waals surface area contributed by atoms with E-state index in [1.54, 1.807) is 4.90 Å². The summed E-state index contributed by atoms with van der Waals surface area (Å²) in [6.07, 6.45) is 2.64. The number of likely N-dealkylation sites (tertiary alicyclic amines) is 1. The Morgan fingerprint density at radius 2 is 1.88 bits per heavy atom. The zero-order valence-electron chi connectivity index (χ0n) is 15.0. The predicted molar refractivity (Wildman–Crippen MR) is 97.5 cm³/mol. The summed E-state index contributed by atoms with van der Waals surface area (Å²) >= 11 is 0. The number of nitrogens with two attached hydrogens (primary N) is 1. The van der Waals surface area contributed by atoms with Crippen molar-refractivity contribution in [3.8, 4) is 0 Å². The van der Waals surface area contributed by atoms with Crippen LogP contribution in [0.25, 0.3) is 0 Å². The zero-order valence-corrected chi connectivity index (χ0v) is 15.0. The molecule has 1 aromatic carbocycles. The van der Waals surface area contributed by atoms with Crippen LogP contribution in [0.1, 0.15) is 24.8 Å². The number of benzene rings is 1. The van der Waals surface area contributed by atoms with Gasteiger partial charge in [0, 0.05) is 12.2 Å². The van der Waals surface area contributed by atoms with Crippen molar-refractivity contribution < 1.29 is 14.5 Å². The summed E-state index contributed by atoms with van der Waals surface area (Å²) in [5.41, 5.74) is 8.06. The Morgan fingerprint density at radius 3 is 2.56 bits per heavy atom. The molecule has 25 heavy (non-hydrogen) atoms. The molecule has 3 N–H and O–H groups in total. The van der Waals surface area contributed by atoms with E-state index >= 15 is 0 Å². The number of amides is 2. The number of piperidine rings is 1. The predicted octanol–water partition coefficient (Wildman–Crippen LogP) is -0.434. The van der Waals surface area contributed by atoms with Gasteiger partial charge in [0.2, 0.25) is 5.91 Å². The molecule has 1 atom stereocenters. The number of anilines is 1. The number of para-hydroxylation sites is 1. The van der Waals surface area contributed by atoms with Gasteiger partial charge in [-0.05, 0) is 37.8 Å². The van der Waals surface area contributed by atoms with E-state index in [9.17, 15) is 9.59 Å². The minimum absolute atomic E-state index is 0.0721. The lowest BCUT2D eigenvalue weighted by Crippen LogP contribution is -3.16. The normalized spacial score (nSPS) is 22.0. The summed E-state index contributed by atoms with van der Waals surface area (Å²) in [5, 5.41) is 0. The van der Waals surface area contributed by atoms with Crippen molar-refractivity contribution in [3.63, 3.8) is 0 Å². The molecule has 0 unspecified atom stereocenters. The standard InChI is InChI=1S/C19H28N4O2/c1-15-6-2-3-7-16(15)22-12-10-21(11-13-22)14-18(24)23-9-5-4-8-17(23)19(20)25/h2-3,6-7,17H,4-5,8-14H2,1H3,(H2,20,25)/p+1/t17-/m1/s1. The fraction of sp³-hybridized carbons (Fsp3) is 0.579. The van der Waals surface area contributed by atoms with Gasteiger partial charge >= 0.3 is 0 Å². The van der Waals surface area contributed by atoms with E-state index in [1.807, 2.05) is 0 Å². The maximum absolute atomic E-state index is 12.7. The number of rotatable bonds is 4. The molecular formula is C19H29N4O2+. The van der Waals surface area contributed by atoms with Crippen LogP contribution in [0.3, 0.4) is 0 Å². The number of hydrogen-bond donors (Lipinski definition) is 2. The average molecular weight is 345 g/mol. The van der Waals surface area contributed by atoms with E-state index in [4.69, 9.17) is 5.73 Å². The molecule has 0 radical (unpaired) electrons. The molecule has 3 rings (SSSR count). The smallest absolute Gasteiger partial charge is 0.278 e. The number of hydrogen-bond acceptors (Lipinski definition) is 3. The first-order chi connectivity index (χ1) is 12.1. The molecule has 6 nitrogen and oxygen atoms in total. The number of carbonyl (C=O) groups is 2. The van der Waals surface area contributed by atoms with Crippen LogP contribution in [0.4, 0.5) is 5.69 Å². The van der Waals surface area contributed by atoms with Gasteiger partial charge in [0.1, 0.15) is 6.04 Å². The highest BCUT2D eigenvalue weighted by atomic mass is 16.2. The summed E-state index contributed by atoms with van der Waals surface area (Å²) in [6, 6.07) is 8.03. The SMILES string of the molecule is Cc1ccccc1N1CC[NH+](CC(=O)N2CCCC[C@@H]2C(N)=O)CC1. The van der Waals surface area contributed by atoms with Crippen LogP contribution < -0.4 is 15.5 Å². The van der Waals surface area contributed by atoms with Gasteiger partial charge in [0.05, 0.1) is 26.2 Å². The van der Waals surface area contributed by atoms with Gasteiger partial charge in [-0.3, -0.25) is 9.59 Å². The third kappa shape index (κ3) is 4.12. The molecule has 6 heteroatoms. The maximum atomic E-state index is 12.7. The van der Waals surface area contributed by atoms with Gasteiger partial charge in [-0.25, -0.2) is 0 Å². The van der Waals surface area contributed by atoms with Crippen LogP contribution in [0.2, 0.25) is 0 Å². The molecule has 136 valence electrons. The van der Waals surface area contributed by atoms with Crippen molar-refractivity contribution in [2.75, 3.05) is 44.2 Å². The fourth-order valence-electron chi connectivity index (χ4n) is 4.00. The first-order valence-corrected chi connectivity index (χ1v) is 9.29. The van der Waals surface area contributed by atoms with E-state index in [0.29, 0.717) is 19.5 Å². The molecule has 0 aliphatic carbocycles. The molecule has 2 amide bonds. The molecule has 0 spiro atoms. The Morgan fingerprint density at radius 1 is 1.16 bits per heavy atom. The van der Waals surface area contributed by atoms with Gasteiger partial charge in [0.15, 0.2) is 6.54 Å². The van der Waals surface area contributed by atoms with Crippen LogP contribution in [0.5, 0.6) is 0 Å². The number of primary amides is 1. The van der Waals surface area contributed by atoms with Crippen molar-refractivity contribution >= 4 is 17.5 Å². The number of aryl methyl sites for hydroxylation is 1. The third-order valence-corrected chi connectivity index (χ3v) is 5.48. The van der Waals surface area contributed by atoms with E-state index in [1.165, 1.54) is 16.2 Å². The molecule has 2 heterocycles. The lowest BCUT2D eigenvalue weighted by Gasteiger charge is -2.37. The van der Waals surface area contributed by atoms with E-state index in [-0.39, 0.29) is 11.8 Å². The van der Waals surface area contributed by atoms with Crippen LogP contribution in [-0.4, -0.2) is 62.0 Å². The van der Waals surface area contributed by atoms with Crippen molar-refractivity contribution in [1.82, 2.24) is 4.90 Å². The van der Waals surface area contributed by atoms with E-state index in [0.717, 1.165) is 39.0 Å². The van der Waals surface area contributed by atoms with E-state index in [2.05, 4.69) is 36.1 Å². The second-order valence-electron chi connectivity index (χ2n) is 7.20. The molecule has 0 bridgehead atoms. The zero-order chi connectivity index (χ0) is 17.8. The molecular weight excluding hydrogens is 316 g/mol. The van der Waals surface area contributed by atoms with Gasteiger partial charge in [-0.2, -0.15) is 0 Å². The highest BCUT2D eigenvalue weighted by Crippen LogP contribution is 2.19. The first kappa shape index (κ1) is 17.7. The highest BCUT2D eigenvalue weighted by Gasteiger charge is 2.33. The Hall–Kier alpha value is -2.08. The lowest BCUT2D eigenvalue weighted by atomic mass is 10.0. The van der Waals surface area contributed by atoms with Gasteiger partial charge < -0.3 is 20.4 Å². The summed E-state index contributed by atoms with van der Waals surface area (Å²) in [7, 11) is 0. The minimum Gasteiger partial charge on any atom is -0.368 e. The number of carbonyl (C=O) groups excluding carboxylic acids is 2. The first-order valence-electron chi connectivity index (χ1n) is 9.29. The number of quaternary nitrogens is 1. The second kappa shape index (κ2) is 7.87. The quantitative estimate of drug-likeness (QED) is 0.778. The minimum atomic E-state index is -0.408. The Balaban J connectivity index is 1.54. The van der Waals surface area contributed by atoms with Crippen LogP contribution in [0.15, 0.2) is 24.3 Å². The molecule has 0 saturated carbocycles. The molecule has 2 aliphatic heterocycles. The van der Waals surface area contributed by atoms with Gasteiger partial charge in [-0.1, -0.05) is 18.2 Å². The van der Waals surface area contributed by atoms with Crippen molar-refractivity contribution in [2.45, 2.75) is 32.2 Å². The van der Waals surface area contributed by atoms with Crippen LogP contribution >= 0.6 is 0 Å². The van der Waals surface area contributed by atoms with Crippen LogP contribution in [0, 0.1) is 6.92 Å².